The van der Waals surface area contributed by atoms with Crippen molar-refractivity contribution in [2.75, 3.05) is 18.8 Å². The number of hydrogen-bond acceptors (Lipinski definition) is 8. The molecule has 4 heterocycles. The number of alkyl halides is 9. The quantitative estimate of drug-likeness (QED) is 0.357. The van der Waals surface area contributed by atoms with Crippen LogP contribution in [0.15, 0.2) is 30.6 Å². The first-order chi connectivity index (χ1) is 21.0. The highest BCUT2D eigenvalue weighted by Gasteiger charge is 2.49. The Morgan fingerprint density at radius 2 is 1.46 bits per heavy atom. The number of hydrogen-bond donors (Lipinski definition) is 3. The third-order valence-electron chi connectivity index (χ3n) is 5.76. The Bertz CT molecular complexity index is 1240. The zero-order valence-electron chi connectivity index (χ0n) is 24.0. The highest BCUT2D eigenvalue weighted by Crippen LogP contribution is 2.46. The second kappa shape index (κ2) is 16.8. The average Bonchev–Trinajstić information content (AvgIpc) is 3.54. The normalized spacial score (nSPS) is 17.3. The van der Waals surface area contributed by atoms with Crippen molar-refractivity contribution in [2.24, 2.45) is 0 Å². The molecule has 260 valence electrons. The molecule has 0 saturated carbocycles. The average molecular weight is 701 g/mol. The Morgan fingerprint density at radius 1 is 0.957 bits per heavy atom. The lowest BCUT2D eigenvalue weighted by molar-refractivity contribution is -0.193. The third kappa shape index (κ3) is 14.7. The van der Waals surface area contributed by atoms with Crippen molar-refractivity contribution >= 4 is 29.7 Å². The van der Waals surface area contributed by atoms with Gasteiger partial charge in [-0.3, -0.25) is 14.6 Å². The summed E-state index contributed by atoms with van der Waals surface area (Å²) in [6.45, 7) is 9.06. The number of thioether (sulfide) groups is 1. The van der Waals surface area contributed by atoms with Gasteiger partial charge in [0.2, 0.25) is 0 Å². The monoisotopic (exact) mass is 700 g/mol. The summed E-state index contributed by atoms with van der Waals surface area (Å²) >= 11 is 2.09. The van der Waals surface area contributed by atoms with E-state index in [1.54, 1.807) is 0 Å². The predicted molar refractivity (Wildman–Crippen MR) is 142 cm³/mol. The zero-order valence-corrected chi connectivity index (χ0v) is 24.8. The third-order valence-corrected chi connectivity index (χ3v) is 7.33. The van der Waals surface area contributed by atoms with E-state index in [9.17, 15) is 39.5 Å². The van der Waals surface area contributed by atoms with Crippen molar-refractivity contribution < 1.29 is 74.0 Å². The molecule has 0 amide bonds. The number of carbonyl (C=O) groups is 3. The van der Waals surface area contributed by atoms with Crippen molar-refractivity contribution in [3.8, 4) is 0 Å². The van der Waals surface area contributed by atoms with Crippen LogP contribution in [-0.2, 0) is 38.8 Å². The van der Waals surface area contributed by atoms with E-state index in [-0.39, 0.29) is 0 Å². The molecule has 1 atom stereocenters. The first-order valence-corrected chi connectivity index (χ1v) is 13.8. The number of likely N-dealkylation sites (tertiary alicyclic amines) is 1. The van der Waals surface area contributed by atoms with Crippen LogP contribution in [-0.4, -0.2) is 101 Å². The number of carboxylic acids is 3. The van der Waals surface area contributed by atoms with E-state index in [1.165, 1.54) is 5.56 Å². The summed E-state index contributed by atoms with van der Waals surface area (Å²) in [7, 11) is 0. The predicted octanol–water partition coefficient (Wildman–Crippen LogP) is 4.78. The van der Waals surface area contributed by atoms with Gasteiger partial charge in [0.15, 0.2) is 0 Å². The Hall–Kier alpha value is -3.59. The molecule has 0 aliphatic carbocycles. The van der Waals surface area contributed by atoms with Crippen LogP contribution in [0.25, 0.3) is 0 Å². The number of aryl methyl sites for hydroxylation is 2. The van der Waals surface area contributed by atoms with E-state index in [1.807, 2.05) is 29.9 Å². The van der Waals surface area contributed by atoms with Gasteiger partial charge in [-0.2, -0.15) is 44.6 Å². The van der Waals surface area contributed by atoms with Gasteiger partial charge in [0.25, 0.3) is 0 Å². The molecule has 3 N–H and O–H groups in total. The molecule has 0 aromatic carbocycles. The minimum Gasteiger partial charge on any atom is -0.475 e. The fraction of sp³-hybridized carbons (Fsp3) is 0.560. The molecule has 2 aromatic rings. The van der Waals surface area contributed by atoms with Crippen LogP contribution in [0.2, 0.25) is 0 Å². The maximum absolute atomic E-state index is 10.6. The number of nitrogens with zero attached hydrogens (tertiary/aromatic N) is 4. The lowest BCUT2D eigenvalue weighted by Crippen LogP contribution is -2.58. The molecule has 1 spiro atoms. The molecule has 4 rings (SSSR count). The van der Waals surface area contributed by atoms with Crippen LogP contribution in [0.3, 0.4) is 0 Å². The van der Waals surface area contributed by atoms with Gasteiger partial charge in [0.1, 0.15) is 0 Å². The minimum atomic E-state index is -5.08. The molecular formula is C25H29F9N4O7S. The topological polar surface area (TPSA) is 155 Å². The number of carboxylic acid groups (broad SMARTS) is 3. The summed E-state index contributed by atoms with van der Waals surface area (Å²) in [6.07, 6.45) is -9.57. The number of aliphatic carboxylic acids is 3. The summed E-state index contributed by atoms with van der Waals surface area (Å²) in [6, 6.07) is 6.12. The fourth-order valence-electron chi connectivity index (χ4n) is 3.81. The van der Waals surface area contributed by atoms with Gasteiger partial charge in [-0.1, -0.05) is 6.07 Å². The van der Waals surface area contributed by atoms with Crippen LogP contribution in [0, 0.1) is 6.92 Å². The van der Waals surface area contributed by atoms with E-state index in [2.05, 4.69) is 45.9 Å². The molecule has 21 heteroatoms. The molecular weight excluding hydrogens is 671 g/mol. The van der Waals surface area contributed by atoms with E-state index in [4.69, 9.17) is 34.4 Å². The summed E-state index contributed by atoms with van der Waals surface area (Å²) < 4.78 is 104. The van der Waals surface area contributed by atoms with E-state index >= 15 is 0 Å². The lowest BCUT2D eigenvalue weighted by Gasteiger charge is -2.47. The number of ether oxygens (including phenoxy) is 1. The molecule has 2 aliphatic rings. The van der Waals surface area contributed by atoms with Gasteiger partial charge < -0.3 is 20.1 Å². The van der Waals surface area contributed by atoms with Crippen LogP contribution in [0.1, 0.15) is 30.3 Å². The molecule has 11 nitrogen and oxygen atoms in total. The summed E-state index contributed by atoms with van der Waals surface area (Å²) in [5.74, 6) is -7.17. The van der Waals surface area contributed by atoms with E-state index in [0.717, 1.165) is 49.7 Å². The lowest BCUT2D eigenvalue weighted by atomic mass is 9.92. The number of pyridine rings is 1. The van der Waals surface area contributed by atoms with Crippen molar-refractivity contribution in [2.45, 2.75) is 69.3 Å². The zero-order chi connectivity index (χ0) is 35.5. The second-order valence-electron chi connectivity index (χ2n) is 9.66. The highest BCUT2D eigenvalue weighted by atomic mass is 32.2. The first-order valence-electron chi connectivity index (χ1n) is 12.8. The van der Waals surface area contributed by atoms with Gasteiger partial charge in [0.05, 0.1) is 24.6 Å². The Labute approximate surface area is 259 Å². The van der Waals surface area contributed by atoms with Gasteiger partial charge >= 0.3 is 36.4 Å². The van der Waals surface area contributed by atoms with Crippen LogP contribution in [0.5, 0.6) is 0 Å². The molecule has 2 fully saturated rings. The molecule has 2 aromatic heterocycles. The molecule has 2 aliphatic heterocycles. The van der Waals surface area contributed by atoms with Crippen molar-refractivity contribution in [3.63, 3.8) is 0 Å². The molecule has 2 saturated heterocycles. The highest BCUT2D eigenvalue weighted by molar-refractivity contribution is 8.01. The molecule has 0 bridgehead atoms. The minimum absolute atomic E-state index is 0.359. The van der Waals surface area contributed by atoms with Gasteiger partial charge in [-0.25, -0.2) is 14.4 Å². The van der Waals surface area contributed by atoms with Gasteiger partial charge in [-0.05, 0) is 32.4 Å². The summed E-state index contributed by atoms with van der Waals surface area (Å²) in [4.78, 5) is 33.7. The van der Waals surface area contributed by atoms with E-state index in [0.29, 0.717) is 17.5 Å². The Kier molecular flexibility index (Phi) is 14.8. The fourth-order valence-corrected chi connectivity index (χ4v) is 5.42. The Balaban J connectivity index is 0.000000413. The maximum atomic E-state index is 10.6. The summed E-state index contributed by atoms with van der Waals surface area (Å²) in [5, 5.41) is 25.7. The van der Waals surface area contributed by atoms with Gasteiger partial charge in [-0.15, -0.1) is 11.8 Å². The second-order valence-corrected chi connectivity index (χ2v) is 11.1. The maximum Gasteiger partial charge on any atom is 0.490 e. The standard InChI is InChI=1S/C19H26N4OS.3C2HF3O2/c1-3-23-10-16(8-20-23)9-22-13-19(14-22)7-18(12-25-19)24-11-17-6-4-5-15(2)21-17;3*3-2(4,5)1(6)7/h4-6,8,10,18H,3,7,9,11-14H2,1-2H3;3*(H,6,7). The van der Waals surface area contributed by atoms with Gasteiger partial charge in [0, 0.05) is 54.1 Å². The molecule has 0 radical (unpaired) electrons. The van der Waals surface area contributed by atoms with Crippen molar-refractivity contribution in [1.29, 1.82) is 0 Å². The number of aromatic nitrogens is 3. The van der Waals surface area contributed by atoms with Crippen LogP contribution in [0.4, 0.5) is 39.5 Å². The Morgan fingerprint density at radius 3 is 1.87 bits per heavy atom. The van der Waals surface area contributed by atoms with E-state index < -0.39 is 36.4 Å². The smallest absolute Gasteiger partial charge is 0.475 e. The SMILES string of the molecule is CCn1cc(CN2CC3(CC(OCc4cccc(C)n4)CS3)C2)cn1.O=C(O)C(F)(F)F.O=C(O)C(F)(F)F.O=C(O)C(F)(F)F. The van der Waals surface area contributed by atoms with Crippen molar-refractivity contribution in [1.82, 2.24) is 19.7 Å². The first kappa shape index (κ1) is 40.4. The van der Waals surface area contributed by atoms with Crippen LogP contribution < -0.4 is 0 Å². The number of halogens is 9. The molecule has 46 heavy (non-hydrogen) atoms. The van der Waals surface area contributed by atoms with Crippen LogP contribution >= 0.6 is 11.8 Å². The largest absolute Gasteiger partial charge is 0.490 e. The number of rotatable bonds is 6. The van der Waals surface area contributed by atoms with Crippen molar-refractivity contribution in [3.05, 3.63) is 47.5 Å². The molecule has 1 unspecified atom stereocenters. The summed E-state index contributed by atoms with van der Waals surface area (Å²) in [5.41, 5.74) is 3.41.